The Bertz CT molecular complexity index is 549. The fraction of sp³-hybridized carbons (Fsp3) is 0. The first-order chi connectivity index (χ1) is 7.18. The van der Waals surface area contributed by atoms with Gasteiger partial charge in [-0.2, -0.15) is 5.10 Å². The lowest BCUT2D eigenvalue weighted by atomic mass is 10.3. The van der Waals surface area contributed by atoms with E-state index >= 15 is 0 Å². The second-order valence-corrected chi connectivity index (χ2v) is 3.03. The van der Waals surface area contributed by atoms with E-state index in [-0.39, 0.29) is 5.15 Å². The first kappa shape index (κ1) is 9.60. The Labute approximate surface area is 88.6 Å². The molecule has 2 N–H and O–H groups in total. The van der Waals surface area contributed by atoms with Gasteiger partial charge in [0.25, 0.3) is 0 Å². The molecular formula is C8H5ClN4O2. The van der Waals surface area contributed by atoms with E-state index in [2.05, 4.69) is 20.2 Å². The van der Waals surface area contributed by atoms with E-state index in [0.29, 0.717) is 16.7 Å². The molecule has 7 heteroatoms. The second kappa shape index (κ2) is 3.66. The molecule has 76 valence electrons. The van der Waals surface area contributed by atoms with E-state index in [1.165, 1.54) is 12.4 Å². The number of H-pyrrole nitrogens is 1. The number of halogens is 1. The summed E-state index contributed by atoms with van der Waals surface area (Å²) >= 11 is 5.83. The third-order valence-corrected chi connectivity index (χ3v) is 2.01. The number of carboxylic acids is 1. The van der Waals surface area contributed by atoms with Gasteiger partial charge in [-0.15, -0.1) is 0 Å². The predicted octanol–water partition coefficient (Wildman–Crippen LogP) is 1.10. The summed E-state index contributed by atoms with van der Waals surface area (Å²) in [7, 11) is 0. The zero-order valence-electron chi connectivity index (χ0n) is 7.31. The van der Waals surface area contributed by atoms with Crippen LogP contribution in [0.3, 0.4) is 0 Å². The summed E-state index contributed by atoms with van der Waals surface area (Å²) in [6.45, 7) is 0. The van der Waals surface area contributed by atoms with Crippen LogP contribution in [0.1, 0.15) is 5.69 Å². The molecule has 0 amide bonds. The van der Waals surface area contributed by atoms with E-state index < -0.39 is 5.97 Å². The van der Waals surface area contributed by atoms with E-state index in [1.54, 1.807) is 0 Å². The third-order valence-electron chi connectivity index (χ3n) is 1.73. The van der Waals surface area contributed by atoms with E-state index in [4.69, 9.17) is 16.7 Å². The Morgan fingerprint density at radius 2 is 2.33 bits per heavy atom. The van der Waals surface area contributed by atoms with Crippen molar-refractivity contribution in [2.45, 2.75) is 0 Å². The monoisotopic (exact) mass is 224 g/mol. The molecule has 15 heavy (non-hydrogen) atoms. The molecule has 2 rings (SSSR count). The molecule has 0 radical (unpaired) electrons. The lowest BCUT2D eigenvalue weighted by Gasteiger charge is -1.91. The van der Waals surface area contributed by atoms with Crippen LogP contribution in [0.4, 0.5) is 0 Å². The summed E-state index contributed by atoms with van der Waals surface area (Å²) < 4.78 is 0. The van der Waals surface area contributed by atoms with Crippen molar-refractivity contribution < 1.29 is 9.90 Å². The number of hydrogen-bond donors (Lipinski definition) is 2. The molecule has 2 aromatic heterocycles. The lowest BCUT2D eigenvalue weighted by Crippen LogP contribution is -1.86. The Kier molecular flexibility index (Phi) is 2.34. The normalized spacial score (nSPS) is 11.3. The van der Waals surface area contributed by atoms with Gasteiger partial charge in [0.1, 0.15) is 11.5 Å². The summed E-state index contributed by atoms with van der Waals surface area (Å²) in [6.07, 6.45) is 3.62. The first-order valence-corrected chi connectivity index (χ1v) is 4.32. The molecule has 0 spiro atoms. The summed E-state index contributed by atoms with van der Waals surface area (Å²) in [4.78, 5) is 18.0. The zero-order valence-corrected chi connectivity index (χ0v) is 8.06. The van der Waals surface area contributed by atoms with Crippen LogP contribution in [0.2, 0.25) is 5.15 Å². The van der Waals surface area contributed by atoms with Crippen LogP contribution in [0.25, 0.3) is 17.1 Å². The molecule has 0 fully saturated rings. The highest BCUT2D eigenvalue weighted by molar-refractivity contribution is 6.34. The Balaban J connectivity index is 2.57. The Hall–Kier alpha value is -1.95. The van der Waals surface area contributed by atoms with Gasteiger partial charge in [0, 0.05) is 6.08 Å². The van der Waals surface area contributed by atoms with Crippen LogP contribution >= 0.6 is 11.6 Å². The molecule has 6 nitrogen and oxygen atoms in total. The van der Waals surface area contributed by atoms with Gasteiger partial charge in [-0.25, -0.2) is 14.8 Å². The molecule has 0 aliphatic rings. The molecule has 0 saturated carbocycles. The van der Waals surface area contributed by atoms with Gasteiger partial charge in [0.2, 0.25) is 0 Å². The third kappa shape index (κ3) is 1.79. The number of rotatable bonds is 2. The number of carbonyl (C=O) groups is 1. The summed E-state index contributed by atoms with van der Waals surface area (Å²) in [5.74, 6) is -1.05. The molecule has 0 aliphatic heterocycles. The van der Waals surface area contributed by atoms with Gasteiger partial charge in [-0.3, -0.25) is 5.10 Å². The van der Waals surface area contributed by atoms with Crippen molar-refractivity contribution in [3.8, 4) is 0 Å². The molecule has 0 aromatic carbocycles. The van der Waals surface area contributed by atoms with Gasteiger partial charge >= 0.3 is 5.97 Å². The number of aromatic amines is 1. The summed E-state index contributed by atoms with van der Waals surface area (Å²) in [6, 6.07) is 0. The molecule has 0 unspecified atom stereocenters. The molecule has 0 saturated heterocycles. The maximum absolute atomic E-state index is 10.3. The van der Waals surface area contributed by atoms with Gasteiger partial charge < -0.3 is 5.11 Å². The maximum atomic E-state index is 10.3. The maximum Gasteiger partial charge on any atom is 0.328 e. The topological polar surface area (TPSA) is 91.8 Å². The van der Waals surface area contributed by atoms with Crippen molar-refractivity contribution in [3.63, 3.8) is 0 Å². The predicted molar refractivity (Wildman–Crippen MR) is 53.4 cm³/mol. The van der Waals surface area contributed by atoms with Crippen LogP contribution in [-0.4, -0.2) is 31.2 Å². The number of fused-ring (bicyclic) bond motifs is 1. The van der Waals surface area contributed by atoms with Crippen LogP contribution in [-0.2, 0) is 4.79 Å². The van der Waals surface area contributed by atoms with Crippen molar-refractivity contribution >= 4 is 34.7 Å². The highest BCUT2D eigenvalue weighted by Crippen LogP contribution is 2.21. The fourth-order valence-electron chi connectivity index (χ4n) is 1.12. The minimum atomic E-state index is -1.05. The fourth-order valence-corrected chi connectivity index (χ4v) is 1.35. The number of aromatic nitrogens is 4. The van der Waals surface area contributed by atoms with Crippen molar-refractivity contribution in [2.24, 2.45) is 0 Å². The van der Waals surface area contributed by atoms with Gasteiger partial charge in [0.05, 0.1) is 11.1 Å². The molecule has 0 aliphatic carbocycles. The standard InChI is InChI=1S/C8H5ClN4O2/c9-7-6-4(1-2-5(14)15)12-13-8(6)11-3-10-7/h1-3H,(H,14,15)(H,10,11,12,13). The van der Waals surface area contributed by atoms with Crippen LogP contribution in [0.15, 0.2) is 12.4 Å². The smallest absolute Gasteiger partial charge is 0.328 e. The van der Waals surface area contributed by atoms with E-state index in [9.17, 15) is 4.79 Å². The largest absolute Gasteiger partial charge is 0.478 e. The number of aliphatic carboxylic acids is 1. The van der Waals surface area contributed by atoms with Crippen molar-refractivity contribution in [1.29, 1.82) is 0 Å². The number of carboxylic acid groups (broad SMARTS) is 1. The highest BCUT2D eigenvalue weighted by Gasteiger charge is 2.08. The van der Waals surface area contributed by atoms with Crippen molar-refractivity contribution in [1.82, 2.24) is 20.2 Å². The van der Waals surface area contributed by atoms with E-state index in [1.807, 2.05) is 0 Å². The van der Waals surface area contributed by atoms with Crippen LogP contribution in [0.5, 0.6) is 0 Å². The molecular weight excluding hydrogens is 220 g/mol. The van der Waals surface area contributed by atoms with Crippen LogP contribution < -0.4 is 0 Å². The second-order valence-electron chi connectivity index (χ2n) is 2.67. The summed E-state index contributed by atoms with van der Waals surface area (Å²) in [5, 5.41) is 15.7. The van der Waals surface area contributed by atoms with Gasteiger partial charge in [-0.1, -0.05) is 11.6 Å². The van der Waals surface area contributed by atoms with Gasteiger partial charge in [-0.05, 0) is 6.08 Å². The number of nitrogens with one attached hydrogen (secondary N) is 1. The zero-order chi connectivity index (χ0) is 10.8. The average molecular weight is 225 g/mol. The molecule has 2 heterocycles. The minimum absolute atomic E-state index is 0.235. The average Bonchev–Trinajstić information content (AvgIpc) is 2.59. The first-order valence-electron chi connectivity index (χ1n) is 3.94. The van der Waals surface area contributed by atoms with Gasteiger partial charge in [0.15, 0.2) is 5.65 Å². The Morgan fingerprint density at radius 1 is 1.53 bits per heavy atom. The molecule has 0 bridgehead atoms. The summed E-state index contributed by atoms with van der Waals surface area (Å²) in [5.41, 5.74) is 0.873. The van der Waals surface area contributed by atoms with E-state index in [0.717, 1.165) is 6.08 Å². The quantitative estimate of drug-likeness (QED) is 0.589. The SMILES string of the molecule is O=C(O)C=Cc1[nH]nc2ncnc(Cl)c12. The molecule has 2 aromatic rings. The highest BCUT2D eigenvalue weighted by atomic mass is 35.5. The number of nitrogens with zero attached hydrogens (tertiary/aromatic N) is 3. The number of hydrogen-bond acceptors (Lipinski definition) is 4. The van der Waals surface area contributed by atoms with Crippen molar-refractivity contribution in [2.75, 3.05) is 0 Å². The van der Waals surface area contributed by atoms with Crippen LogP contribution in [0, 0.1) is 0 Å². The minimum Gasteiger partial charge on any atom is -0.478 e. The van der Waals surface area contributed by atoms with Crippen molar-refractivity contribution in [3.05, 3.63) is 23.3 Å². The lowest BCUT2D eigenvalue weighted by molar-refractivity contribution is -0.131. The molecule has 0 atom stereocenters. The Morgan fingerprint density at radius 3 is 3.07 bits per heavy atom.